The van der Waals surface area contributed by atoms with Crippen LogP contribution in [0, 0.1) is 6.92 Å². The highest BCUT2D eigenvalue weighted by Gasteiger charge is 2.15. The highest BCUT2D eigenvalue weighted by atomic mass is 32.1. The fourth-order valence-electron chi connectivity index (χ4n) is 3.44. The lowest BCUT2D eigenvalue weighted by Crippen LogP contribution is -2.44. The lowest BCUT2D eigenvalue weighted by molar-refractivity contribution is 0.312. The minimum atomic E-state index is 0.323. The molecule has 29 heavy (non-hydrogen) atoms. The number of guanidine groups is 1. The molecular formula is C22H34N6S. The summed E-state index contributed by atoms with van der Waals surface area (Å²) in [4.78, 5) is 16.9. The van der Waals surface area contributed by atoms with Crippen molar-refractivity contribution in [2.45, 2.75) is 39.8 Å². The van der Waals surface area contributed by atoms with E-state index in [2.05, 4.69) is 77.5 Å². The molecule has 0 aromatic carbocycles. The van der Waals surface area contributed by atoms with Gasteiger partial charge < -0.3 is 20.4 Å². The number of likely N-dealkylation sites (N-methyl/N-ethyl adjacent to an activating group) is 1. The van der Waals surface area contributed by atoms with E-state index in [4.69, 9.17) is 4.99 Å². The fraction of sp³-hybridized carbons (Fsp3) is 0.545. The number of aliphatic imine (C=N–C) groups is 1. The zero-order valence-corrected chi connectivity index (χ0v) is 18.9. The Labute approximate surface area is 179 Å². The summed E-state index contributed by atoms with van der Waals surface area (Å²) in [5.74, 6) is 1.93. The number of pyridine rings is 1. The smallest absolute Gasteiger partial charge is 0.191 e. The molecule has 7 heteroatoms. The molecule has 0 aliphatic carbocycles. The first-order chi connectivity index (χ1) is 14.0. The molecule has 1 aliphatic rings. The Morgan fingerprint density at radius 1 is 1.24 bits per heavy atom. The van der Waals surface area contributed by atoms with Crippen molar-refractivity contribution >= 4 is 23.1 Å². The summed E-state index contributed by atoms with van der Waals surface area (Å²) in [6.45, 7) is 12.2. The summed E-state index contributed by atoms with van der Waals surface area (Å²) in [6.07, 6.45) is 2.91. The number of nitrogens with one attached hydrogen (secondary N) is 2. The molecule has 0 amide bonds. The summed E-state index contributed by atoms with van der Waals surface area (Å²) >= 11 is 1.87. The second-order valence-electron chi connectivity index (χ2n) is 7.77. The van der Waals surface area contributed by atoms with Crippen molar-refractivity contribution in [3.8, 4) is 0 Å². The maximum Gasteiger partial charge on any atom is 0.191 e. The number of anilines is 1. The second kappa shape index (κ2) is 10.6. The number of aromatic nitrogens is 1. The Kier molecular flexibility index (Phi) is 7.89. The molecular weight excluding hydrogens is 380 g/mol. The van der Waals surface area contributed by atoms with Crippen LogP contribution in [0.15, 0.2) is 35.5 Å². The highest BCUT2D eigenvalue weighted by Crippen LogP contribution is 2.17. The highest BCUT2D eigenvalue weighted by molar-refractivity contribution is 7.11. The van der Waals surface area contributed by atoms with Crippen LogP contribution in [0.1, 0.15) is 29.2 Å². The molecule has 1 unspecified atom stereocenters. The van der Waals surface area contributed by atoms with E-state index >= 15 is 0 Å². The molecule has 1 fully saturated rings. The first-order valence-corrected chi connectivity index (χ1v) is 11.3. The summed E-state index contributed by atoms with van der Waals surface area (Å²) in [5, 5.41) is 6.91. The first kappa shape index (κ1) is 21.6. The van der Waals surface area contributed by atoms with Gasteiger partial charge >= 0.3 is 0 Å². The zero-order chi connectivity index (χ0) is 20.6. The number of nitrogens with zero attached hydrogens (tertiary/aromatic N) is 4. The minimum absolute atomic E-state index is 0.323. The maximum atomic E-state index is 4.81. The summed E-state index contributed by atoms with van der Waals surface area (Å²) < 4.78 is 0. The van der Waals surface area contributed by atoms with E-state index in [9.17, 15) is 0 Å². The lowest BCUT2D eigenvalue weighted by atomic mass is 10.2. The first-order valence-electron chi connectivity index (χ1n) is 10.5. The molecule has 0 radical (unpaired) electrons. The standard InChI is InChI=1S/C22H34N6S/c1-5-23-22(26-17(2)14-20-7-6-18(3)29-20)25-16-19-8-9-24-21(15-19)28-12-10-27(4)11-13-28/h6-9,15,17H,5,10-14,16H2,1-4H3,(H2,23,25,26). The van der Waals surface area contributed by atoms with Crippen LogP contribution in [0.2, 0.25) is 0 Å². The Balaban J connectivity index is 1.59. The molecule has 2 N–H and O–H groups in total. The van der Waals surface area contributed by atoms with Gasteiger partial charge in [0.2, 0.25) is 0 Å². The van der Waals surface area contributed by atoms with Gasteiger partial charge in [-0.3, -0.25) is 0 Å². The molecule has 1 saturated heterocycles. The number of hydrogen-bond acceptors (Lipinski definition) is 5. The van der Waals surface area contributed by atoms with Crippen LogP contribution in [0.4, 0.5) is 5.82 Å². The molecule has 2 aromatic rings. The molecule has 0 spiro atoms. The van der Waals surface area contributed by atoms with Gasteiger partial charge in [-0.2, -0.15) is 0 Å². The van der Waals surface area contributed by atoms with Crippen molar-refractivity contribution in [2.75, 3.05) is 44.7 Å². The number of rotatable bonds is 7. The Morgan fingerprint density at radius 2 is 2.03 bits per heavy atom. The number of aryl methyl sites for hydroxylation is 1. The van der Waals surface area contributed by atoms with E-state index in [1.54, 1.807) is 0 Å². The number of hydrogen-bond donors (Lipinski definition) is 2. The number of thiophene rings is 1. The molecule has 0 bridgehead atoms. The van der Waals surface area contributed by atoms with E-state index in [1.165, 1.54) is 15.3 Å². The van der Waals surface area contributed by atoms with Gasteiger partial charge in [0.05, 0.1) is 6.54 Å². The van der Waals surface area contributed by atoms with Crippen LogP contribution in [-0.2, 0) is 13.0 Å². The van der Waals surface area contributed by atoms with Gasteiger partial charge in [-0.05, 0) is 57.6 Å². The molecule has 158 valence electrons. The molecule has 2 aromatic heterocycles. The van der Waals surface area contributed by atoms with Crippen molar-refractivity contribution < 1.29 is 0 Å². The molecule has 1 atom stereocenters. The van der Waals surface area contributed by atoms with E-state index in [0.29, 0.717) is 12.6 Å². The predicted octanol–water partition coefficient (Wildman–Crippen LogP) is 2.89. The topological polar surface area (TPSA) is 55.8 Å². The normalized spacial score (nSPS) is 16.7. The average Bonchev–Trinajstić information content (AvgIpc) is 3.11. The van der Waals surface area contributed by atoms with E-state index in [0.717, 1.165) is 50.9 Å². The summed E-state index contributed by atoms with van der Waals surface area (Å²) in [7, 11) is 2.17. The Hall–Kier alpha value is -2.12. The average molecular weight is 415 g/mol. The summed E-state index contributed by atoms with van der Waals surface area (Å²) in [5.41, 5.74) is 1.19. The SMILES string of the molecule is CCNC(=NCc1ccnc(N2CCN(C)CC2)c1)NC(C)Cc1ccc(C)s1. The van der Waals surface area contributed by atoms with Crippen molar-refractivity contribution in [1.82, 2.24) is 20.5 Å². The summed E-state index contributed by atoms with van der Waals surface area (Å²) in [6, 6.07) is 8.97. The largest absolute Gasteiger partial charge is 0.357 e. The quantitative estimate of drug-likeness (QED) is 0.539. The predicted molar refractivity (Wildman–Crippen MR) is 124 cm³/mol. The third-order valence-corrected chi connectivity index (χ3v) is 6.11. The third kappa shape index (κ3) is 6.72. The molecule has 3 heterocycles. The van der Waals surface area contributed by atoms with Gasteiger partial charge in [-0.15, -0.1) is 11.3 Å². The van der Waals surface area contributed by atoms with Gasteiger partial charge in [0.25, 0.3) is 0 Å². The van der Waals surface area contributed by atoms with Crippen molar-refractivity contribution in [3.05, 3.63) is 45.8 Å². The molecule has 1 aliphatic heterocycles. The monoisotopic (exact) mass is 414 g/mol. The fourth-order valence-corrected chi connectivity index (χ4v) is 4.46. The maximum absolute atomic E-state index is 4.81. The Bertz CT molecular complexity index is 794. The Morgan fingerprint density at radius 3 is 2.72 bits per heavy atom. The van der Waals surface area contributed by atoms with Crippen LogP contribution < -0.4 is 15.5 Å². The van der Waals surface area contributed by atoms with Crippen LogP contribution >= 0.6 is 11.3 Å². The molecule has 6 nitrogen and oxygen atoms in total. The van der Waals surface area contributed by atoms with Gasteiger partial charge in [-0.25, -0.2) is 9.98 Å². The zero-order valence-electron chi connectivity index (χ0n) is 18.1. The molecule has 3 rings (SSSR count). The van der Waals surface area contributed by atoms with Crippen molar-refractivity contribution in [1.29, 1.82) is 0 Å². The van der Waals surface area contributed by atoms with Crippen LogP contribution in [0.25, 0.3) is 0 Å². The van der Waals surface area contributed by atoms with Gasteiger partial charge in [0.15, 0.2) is 5.96 Å². The van der Waals surface area contributed by atoms with Gasteiger partial charge in [0.1, 0.15) is 5.82 Å². The van der Waals surface area contributed by atoms with Crippen LogP contribution in [0.5, 0.6) is 0 Å². The van der Waals surface area contributed by atoms with E-state index in [1.807, 2.05) is 17.5 Å². The number of piperazine rings is 1. The van der Waals surface area contributed by atoms with E-state index in [-0.39, 0.29) is 0 Å². The van der Waals surface area contributed by atoms with Gasteiger partial charge in [0, 0.05) is 61.1 Å². The molecule has 0 saturated carbocycles. The van der Waals surface area contributed by atoms with Crippen molar-refractivity contribution in [3.63, 3.8) is 0 Å². The lowest BCUT2D eigenvalue weighted by Gasteiger charge is -2.33. The third-order valence-electron chi connectivity index (χ3n) is 5.09. The van der Waals surface area contributed by atoms with Gasteiger partial charge in [-0.1, -0.05) is 0 Å². The van der Waals surface area contributed by atoms with Crippen LogP contribution in [-0.4, -0.2) is 61.7 Å². The van der Waals surface area contributed by atoms with Crippen LogP contribution in [0.3, 0.4) is 0 Å². The second-order valence-corrected chi connectivity index (χ2v) is 9.14. The minimum Gasteiger partial charge on any atom is -0.357 e. The van der Waals surface area contributed by atoms with E-state index < -0.39 is 0 Å². The van der Waals surface area contributed by atoms with Crippen molar-refractivity contribution in [2.24, 2.45) is 4.99 Å².